The summed E-state index contributed by atoms with van der Waals surface area (Å²) in [7, 11) is 0. The number of hydrogen-bond acceptors (Lipinski definition) is 6. The quantitative estimate of drug-likeness (QED) is 0.472. The van der Waals surface area contributed by atoms with Crippen LogP contribution in [0.4, 0.5) is 0 Å². The molecular weight excluding hydrogens is 394 g/mol. The number of carbonyl (C=O) groups excluding carboxylic acids is 1. The zero-order valence-corrected chi connectivity index (χ0v) is 16.6. The third-order valence-electron chi connectivity index (χ3n) is 4.62. The third kappa shape index (κ3) is 5.19. The van der Waals surface area contributed by atoms with Gasteiger partial charge in [-0.1, -0.05) is 24.3 Å². The molecule has 0 saturated carbocycles. The standard InChI is InChI=1S/C24H19N3O4/c25-13-19-3-1-2-4-20(19)15-29-21-8-5-17(6-9-21)14-26-27-24(28)12-18-7-10-22-23(11-18)31-16-30-22/h1-11,14H,12,15-16H2,(H,27,28)/b26-14-. The lowest BCUT2D eigenvalue weighted by Gasteiger charge is -2.07. The van der Waals surface area contributed by atoms with Crippen LogP contribution in [0.5, 0.6) is 17.2 Å². The lowest BCUT2D eigenvalue weighted by atomic mass is 10.1. The van der Waals surface area contributed by atoms with Crippen LogP contribution >= 0.6 is 0 Å². The van der Waals surface area contributed by atoms with Gasteiger partial charge in [-0.15, -0.1) is 0 Å². The van der Waals surface area contributed by atoms with Crippen LogP contribution in [0.15, 0.2) is 71.8 Å². The summed E-state index contributed by atoms with van der Waals surface area (Å²) < 4.78 is 16.3. The predicted octanol–water partition coefficient (Wildman–Crippen LogP) is 3.56. The van der Waals surface area contributed by atoms with Crippen molar-refractivity contribution >= 4 is 12.1 Å². The Morgan fingerprint density at radius 3 is 2.74 bits per heavy atom. The summed E-state index contributed by atoms with van der Waals surface area (Å²) in [5.41, 5.74) is 5.58. The van der Waals surface area contributed by atoms with Crippen molar-refractivity contribution in [2.45, 2.75) is 13.0 Å². The molecule has 0 bridgehead atoms. The van der Waals surface area contributed by atoms with E-state index in [0.717, 1.165) is 16.7 Å². The van der Waals surface area contributed by atoms with E-state index in [4.69, 9.17) is 19.5 Å². The minimum absolute atomic E-state index is 0.185. The summed E-state index contributed by atoms with van der Waals surface area (Å²) >= 11 is 0. The molecule has 31 heavy (non-hydrogen) atoms. The SMILES string of the molecule is N#Cc1ccccc1COc1ccc(/C=N\NC(=O)Cc2ccc3c(c2)OCO3)cc1. The highest BCUT2D eigenvalue weighted by Gasteiger charge is 2.14. The van der Waals surface area contributed by atoms with Crippen molar-refractivity contribution in [3.63, 3.8) is 0 Å². The molecule has 3 aromatic rings. The van der Waals surface area contributed by atoms with E-state index >= 15 is 0 Å². The number of benzene rings is 3. The maximum atomic E-state index is 12.1. The van der Waals surface area contributed by atoms with Gasteiger partial charge in [-0.05, 0) is 53.6 Å². The van der Waals surface area contributed by atoms with Gasteiger partial charge in [0, 0.05) is 5.56 Å². The molecule has 154 valence electrons. The van der Waals surface area contributed by atoms with Crippen molar-refractivity contribution in [3.05, 3.63) is 89.0 Å². The van der Waals surface area contributed by atoms with E-state index in [-0.39, 0.29) is 19.1 Å². The lowest BCUT2D eigenvalue weighted by molar-refractivity contribution is -0.120. The topological polar surface area (TPSA) is 92.9 Å². The Morgan fingerprint density at radius 1 is 1.10 bits per heavy atom. The highest BCUT2D eigenvalue weighted by Crippen LogP contribution is 2.32. The molecule has 7 heteroatoms. The van der Waals surface area contributed by atoms with Gasteiger partial charge in [0.25, 0.3) is 0 Å². The first kappa shape index (κ1) is 20.0. The summed E-state index contributed by atoms with van der Waals surface area (Å²) in [4.78, 5) is 12.1. The molecule has 7 nitrogen and oxygen atoms in total. The Balaban J connectivity index is 1.26. The number of hydrogen-bond donors (Lipinski definition) is 1. The number of nitrogens with zero attached hydrogens (tertiary/aromatic N) is 2. The van der Waals surface area contributed by atoms with E-state index < -0.39 is 0 Å². The minimum Gasteiger partial charge on any atom is -0.489 e. The molecule has 0 unspecified atom stereocenters. The van der Waals surface area contributed by atoms with Crippen LogP contribution in [-0.2, 0) is 17.8 Å². The maximum absolute atomic E-state index is 12.1. The molecule has 1 amide bonds. The summed E-state index contributed by atoms with van der Waals surface area (Å²) in [5.74, 6) is 1.78. The molecule has 0 fully saturated rings. The largest absolute Gasteiger partial charge is 0.489 e. The van der Waals surface area contributed by atoms with Crippen molar-refractivity contribution in [2.24, 2.45) is 5.10 Å². The summed E-state index contributed by atoms with van der Waals surface area (Å²) in [5, 5.41) is 13.1. The van der Waals surface area contributed by atoms with Gasteiger partial charge >= 0.3 is 0 Å². The van der Waals surface area contributed by atoms with Gasteiger partial charge in [0.1, 0.15) is 12.4 Å². The van der Waals surface area contributed by atoms with Crippen molar-refractivity contribution in [1.82, 2.24) is 5.43 Å². The second kappa shape index (κ2) is 9.46. The number of rotatable bonds is 7. The molecule has 4 rings (SSSR count). The molecule has 0 saturated heterocycles. The zero-order chi connectivity index (χ0) is 21.5. The number of fused-ring (bicyclic) bond motifs is 1. The molecule has 3 aromatic carbocycles. The molecule has 1 N–H and O–H groups in total. The number of hydrazone groups is 1. The fraction of sp³-hybridized carbons (Fsp3) is 0.125. The fourth-order valence-electron chi connectivity index (χ4n) is 3.02. The highest BCUT2D eigenvalue weighted by atomic mass is 16.7. The van der Waals surface area contributed by atoms with E-state index in [1.54, 1.807) is 24.4 Å². The average molecular weight is 413 g/mol. The molecular formula is C24H19N3O4. The number of nitriles is 1. The smallest absolute Gasteiger partial charge is 0.244 e. The van der Waals surface area contributed by atoms with Gasteiger partial charge in [-0.25, -0.2) is 5.43 Å². The Hall–Kier alpha value is -4.31. The Labute approximate surface area is 179 Å². The van der Waals surface area contributed by atoms with Gasteiger partial charge < -0.3 is 14.2 Å². The van der Waals surface area contributed by atoms with Crippen molar-refractivity contribution in [1.29, 1.82) is 5.26 Å². The van der Waals surface area contributed by atoms with Crippen LogP contribution in [0.1, 0.15) is 22.3 Å². The minimum atomic E-state index is -0.230. The van der Waals surface area contributed by atoms with Crippen LogP contribution in [0.2, 0.25) is 0 Å². The molecule has 0 radical (unpaired) electrons. The van der Waals surface area contributed by atoms with Crippen molar-refractivity contribution < 1.29 is 19.0 Å². The Morgan fingerprint density at radius 2 is 1.90 bits per heavy atom. The molecule has 1 aliphatic heterocycles. The second-order valence-corrected chi connectivity index (χ2v) is 6.78. The molecule has 0 atom stereocenters. The highest BCUT2D eigenvalue weighted by molar-refractivity contribution is 5.83. The number of amides is 1. The van der Waals surface area contributed by atoms with E-state index in [1.165, 1.54) is 0 Å². The average Bonchev–Trinajstić information content (AvgIpc) is 3.26. The fourth-order valence-corrected chi connectivity index (χ4v) is 3.02. The number of carbonyl (C=O) groups is 1. The third-order valence-corrected chi connectivity index (χ3v) is 4.62. The Bertz CT molecular complexity index is 1150. The van der Waals surface area contributed by atoms with Gasteiger partial charge in [-0.3, -0.25) is 4.79 Å². The van der Waals surface area contributed by atoms with Crippen molar-refractivity contribution in [2.75, 3.05) is 6.79 Å². The van der Waals surface area contributed by atoms with Crippen molar-refractivity contribution in [3.8, 4) is 23.3 Å². The van der Waals surface area contributed by atoms with E-state index in [1.807, 2.05) is 48.5 Å². The molecule has 1 heterocycles. The zero-order valence-electron chi connectivity index (χ0n) is 16.6. The van der Waals surface area contributed by atoms with Crippen LogP contribution in [0.25, 0.3) is 0 Å². The first-order valence-electron chi connectivity index (χ1n) is 9.62. The first-order valence-corrected chi connectivity index (χ1v) is 9.62. The molecule has 0 aromatic heterocycles. The summed E-state index contributed by atoms with van der Waals surface area (Å²) in [6.07, 6.45) is 1.75. The second-order valence-electron chi connectivity index (χ2n) is 6.78. The molecule has 0 spiro atoms. The molecule has 0 aliphatic carbocycles. The van der Waals surface area contributed by atoms with Gasteiger partial charge in [-0.2, -0.15) is 10.4 Å². The van der Waals surface area contributed by atoms with Gasteiger partial charge in [0.15, 0.2) is 11.5 Å². The van der Waals surface area contributed by atoms with E-state index in [2.05, 4.69) is 16.6 Å². The van der Waals surface area contributed by atoms with Gasteiger partial charge in [0.2, 0.25) is 12.7 Å². The Kier molecular flexibility index (Phi) is 6.10. The summed E-state index contributed by atoms with van der Waals surface area (Å²) in [6, 6.07) is 22.2. The number of nitrogens with one attached hydrogen (secondary N) is 1. The van der Waals surface area contributed by atoms with Crippen LogP contribution in [0, 0.1) is 11.3 Å². The van der Waals surface area contributed by atoms with Crippen LogP contribution in [-0.4, -0.2) is 18.9 Å². The summed E-state index contributed by atoms with van der Waals surface area (Å²) in [6.45, 7) is 0.513. The van der Waals surface area contributed by atoms with Crippen LogP contribution < -0.4 is 19.6 Å². The van der Waals surface area contributed by atoms with E-state index in [0.29, 0.717) is 29.4 Å². The van der Waals surface area contributed by atoms with E-state index in [9.17, 15) is 4.79 Å². The van der Waals surface area contributed by atoms with Gasteiger partial charge in [0.05, 0.1) is 24.3 Å². The lowest BCUT2D eigenvalue weighted by Crippen LogP contribution is -2.19. The number of ether oxygens (including phenoxy) is 3. The first-order chi connectivity index (χ1) is 15.2. The normalized spacial score (nSPS) is 11.8. The maximum Gasteiger partial charge on any atom is 0.244 e. The molecule has 1 aliphatic rings. The monoisotopic (exact) mass is 413 g/mol. The van der Waals surface area contributed by atoms with Crippen LogP contribution in [0.3, 0.4) is 0 Å². The predicted molar refractivity (Wildman–Crippen MR) is 114 cm³/mol.